The molecule has 1 aliphatic rings. The van der Waals surface area contributed by atoms with Crippen LogP contribution in [0, 0.1) is 0 Å². The van der Waals surface area contributed by atoms with Gasteiger partial charge in [-0.3, -0.25) is 15.1 Å². The number of carbonyl (C=O) groups is 2. The Morgan fingerprint density at radius 2 is 1.94 bits per heavy atom. The van der Waals surface area contributed by atoms with Crippen LogP contribution in [0.1, 0.15) is 21.1 Å². The molecule has 0 saturated heterocycles. The number of thiazole rings is 1. The molecule has 3 heterocycles. The Bertz CT molecular complexity index is 1100. The second-order valence-corrected chi connectivity index (χ2v) is 7.81. The molecule has 0 saturated carbocycles. The van der Waals surface area contributed by atoms with Crippen molar-refractivity contribution in [2.24, 2.45) is 0 Å². The van der Waals surface area contributed by atoms with Crippen molar-refractivity contribution in [2.75, 3.05) is 31.4 Å². The molecule has 0 bridgehead atoms. The maximum absolute atomic E-state index is 12.7. The predicted octanol–water partition coefficient (Wildman–Crippen LogP) is 3.40. The van der Waals surface area contributed by atoms with Gasteiger partial charge < -0.3 is 19.7 Å². The molecular weight excluding hydrogens is 418 g/mol. The largest absolute Gasteiger partial charge is 0.493 e. The normalized spacial score (nSPS) is 12.6. The van der Waals surface area contributed by atoms with E-state index < -0.39 is 0 Å². The van der Waals surface area contributed by atoms with Crippen molar-refractivity contribution in [1.29, 1.82) is 0 Å². The highest BCUT2D eigenvalue weighted by atomic mass is 32.1. The molecular formula is C21H21N5O4S. The molecule has 0 fully saturated rings. The first-order chi connectivity index (χ1) is 15.1. The summed E-state index contributed by atoms with van der Waals surface area (Å²) in [4.78, 5) is 36.3. The fourth-order valence-electron chi connectivity index (χ4n) is 3.20. The first-order valence-corrected chi connectivity index (χ1v) is 10.4. The molecule has 31 heavy (non-hydrogen) atoms. The van der Waals surface area contributed by atoms with Crippen LogP contribution in [-0.4, -0.2) is 47.6 Å². The Balaban J connectivity index is 1.41. The van der Waals surface area contributed by atoms with Crippen molar-refractivity contribution >= 4 is 34.1 Å². The number of nitrogens with one attached hydrogen (secondary N) is 2. The number of carbonyl (C=O) groups excluding carboxylic acids is 2. The van der Waals surface area contributed by atoms with Crippen molar-refractivity contribution in [2.45, 2.75) is 13.0 Å². The maximum atomic E-state index is 12.7. The molecule has 0 aliphatic carbocycles. The Morgan fingerprint density at radius 3 is 2.68 bits per heavy atom. The number of nitrogens with zero attached hydrogens (tertiary/aromatic N) is 3. The number of hydrogen-bond donors (Lipinski definition) is 2. The molecule has 4 rings (SSSR count). The van der Waals surface area contributed by atoms with Gasteiger partial charge in [-0.25, -0.2) is 9.78 Å². The summed E-state index contributed by atoms with van der Waals surface area (Å²) in [6, 6.07) is 10.1. The average Bonchev–Trinajstić information content (AvgIpc) is 3.20. The highest BCUT2D eigenvalue weighted by Gasteiger charge is 2.25. The van der Waals surface area contributed by atoms with E-state index in [2.05, 4.69) is 20.6 Å². The van der Waals surface area contributed by atoms with E-state index in [4.69, 9.17) is 9.47 Å². The summed E-state index contributed by atoms with van der Waals surface area (Å²) < 4.78 is 10.5. The van der Waals surface area contributed by atoms with Crippen LogP contribution >= 0.6 is 11.3 Å². The van der Waals surface area contributed by atoms with Gasteiger partial charge in [-0.1, -0.05) is 17.4 Å². The summed E-state index contributed by atoms with van der Waals surface area (Å²) in [6.45, 7) is 0.953. The predicted molar refractivity (Wildman–Crippen MR) is 117 cm³/mol. The first kappa shape index (κ1) is 20.6. The first-order valence-electron chi connectivity index (χ1n) is 9.56. The molecule has 0 radical (unpaired) electrons. The minimum Gasteiger partial charge on any atom is -0.493 e. The molecule has 2 N–H and O–H groups in total. The van der Waals surface area contributed by atoms with Gasteiger partial charge in [-0.05, 0) is 24.3 Å². The lowest BCUT2D eigenvalue weighted by Crippen LogP contribution is -2.38. The highest BCUT2D eigenvalue weighted by Crippen LogP contribution is 2.31. The lowest BCUT2D eigenvalue weighted by atomic mass is 10.2. The topological polar surface area (TPSA) is 106 Å². The number of ether oxygens (including phenoxy) is 2. The van der Waals surface area contributed by atoms with E-state index in [1.165, 1.54) is 11.3 Å². The van der Waals surface area contributed by atoms with Crippen LogP contribution < -0.4 is 20.1 Å². The zero-order chi connectivity index (χ0) is 21.8. The number of hydrogen-bond acceptors (Lipinski definition) is 7. The molecule has 3 amide bonds. The lowest BCUT2D eigenvalue weighted by molar-refractivity contribution is 0.102. The fourth-order valence-corrected chi connectivity index (χ4v) is 4.22. The quantitative estimate of drug-likeness (QED) is 0.631. The lowest BCUT2D eigenvalue weighted by Gasteiger charge is -2.26. The number of urea groups is 1. The smallest absolute Gasteiger partial charge is 0.322 e. The zero-order valence-electron chi connectivity index (χ0n) is 17.0. The Labute approximate surface area is 183 Å². The molecule has 2 aromatic heterocycles. The van der Waals surface area contributed by atoms with Crippen molar-refractivity contribution < 1.29 is 19.1 Å². The van der Waals surface area contributed by atoms with Gasteiger partial charge >= 0.3 is 6.03 Å². The third kappa shape index (κ3) is 4.58. The SMILES string of the molecule is COc1ccc(NC(=O)N2CCc3nc(NC(=O)c4ccccn4)sc3C2)cc1OC. The summed E-state index contributed by atoms with van der Waals surface area (Å²) in [5.41, 5.74) is 1.84. The fraction of sp³-hybridized carbons (Fsp3) is 0.238. The standard InChI is InChI=1S/C21H21N5O4S/c1-29-16-7-6-13(11-17(16)30-2)23-21(28)26-10-8-14-18(12-26)31-20(24-14)25-19(27)15-5-3-4-9-22-15/h3-7,9,11H,8,10,12H2,1-2H3,(H,23,28)(H,24,25,27). The van der Waals surface area contributed by atoms with E-state index in [-0.39, 0.29) is 11.9 Å². The van der Waals surface area contributed by atoms with Gasteiger partial charge in [-0.2, -0.15) is 0 Å². The number of rotatable bonds is 5. The van der Waals surface area contributed by atoms with Crippen LogP contribution in [0.2, 0.25) is 0 Å². The van der Waals surface area contributed by atoms with E-state index >= 15 is 0 Å². The molecule has 160 valence electrons. The van der Waals surface area contributed by atoms with Gasteiger partial charge in [0, 0.05) is 35.8 Å². The number of benzene rings is 1. The van der Waals surface area contributed by atoms with Crippen molar-refractivity contribution in [3.05, 3.63) is 58.9 Å². The number of pyridine rings is 1. The van der Waals surface area contributed by atoms with E-state index in [0.29, 0.717) is 47.5 Å². The van der Waals surface area contributed by atoms with E-state index in [9.17, 15) is 9.59 Å². The number of aromatic nitrogens is 2. The van der Waals surface area contributed by atoms with Crippen LogP contribution in [0.15, 0.2) is 42.6 Å². The molecule has 0 spiro atoms. The van der Waals surface area contributed by atoms with Gasteiger partial charge in [0.15, 0.2) is 16.6 Å². The summed E-state index contributed by atoms with van der Waals surface area (Å²) in [5, 5.41) is 6.17. The van der Waals surface area contributed by atoms with Crippen LogP contribution in [0.25, 0.3) is 0 Å². The number of methoxy groups -OCH3 is 2. The van der Waals surface area contributed by atoms with Crippen molar-refractivity contribution in [1.82, 2.24) is 14.9 Å². The molecule has 3 aromatic rings. The van der Waals surface area contributed by atoms with Gasteiger partial charge in [0.1, 0.15) is 5.69 Å². The number of fused-ring (bicyclic) bond motifs is 1. The average molecular weight is 439 g/mol. The second kappa shape index (κ2) is 9.00. The van der Waals surface area contributed by atoms with Gasteiger partial charge in [-0.15, -0.1) is 0 Å². The van der Waals surface area contributed by atoms with E-state index in [1.54, 1.807) is 61.7 Å². The second-order valence-electron chi connectivity index (χ2n) is 6.73. The number of amides is 3. The minimum atomic E-state index is -0.310. The maximum Gasteiger partial charge on any atom is 0.322 e. The third-order valence-corrected chi connectivity index (χ3v) is 5.77. The van der Waals surface area contributed by atoms with Crippen LogP contribution in [-0.2, 0) is 13.0 Å². The van der Waals surface area contributed by atoms with Crippen LogP contribution in [0.5, 0.6) is 11.5 Å². The third-order valence-electron chi connectivity index (χ3n) is 4.77. The van der Waals surface area contributed by atoms with Crippen LogP contribution in [0.4, 0.5) is 15.6 Å². The van der Waals surface area contributed by atoms with Gasteiger partial charge in [0.25, 0.3) is 5.91 Å². The monoisotopic (exact) mass is 439 g/mol. The molecule has 1 aromatic carbocycles. The molecule has 0 atom stereocenters. The number of anilines is 2. The van der Waals surface area contributed by atoms with Gasteiger partial charge in [0.05, 0.1) is 26.5 Å². The summed E-state index contributed by atoms with van der Waals surface area (Å²) in [5.74, 6) is 0.819. The molecule has 1 aliphatic heterocycles. The Hall–Kier alpha value is -3.66. The Kier molecular flexibility index (Phi) is 5.99. The van der Waals surface area contributed by atoms with E-state index in [0.717, 1.165) is 10.6 Å². The molecule has 0 unspecified atom stereocenters. The zero-order valence-corrected chi connectivity index (χ0v) is 17.9. The molecule has 9 nitrogen and oxygen atoms in total. The minimum absolute atomic E-state index is 0.217. The van der Waals surface area contributed by atoms with Crippen LogP contribution in [0.3, 0.4) is 0 Å². The van der Waals surface area contributed by atoms with Gasteiger partial charge in [0.2, 0.25) is 0 Å². The summed E-state index contributed by atoms with van der Waals surface area (Å²) >= 11 is 1.37. The summed E-state index contributed by atoms with van der Waals surface area (Å²) in [7, 11) is 3.10. The molecule has 10 heteroatoms. The highest BCUT2D eigenvalue weighted by molar-refractivity contribution is 7.15. The van der Waals surface area contributed by atoms with Crippen molar-refractivity contribution in [3.8, 4) is 11.5 Å². The summed E-state index contributed by atoms with van der Waals surface area (Å²) in [6.07, 6.45) is 2.18. The Morgan fingerprint density at radius 1 is 1.10 bits per heavy atom. The van der Waals surface area contributed by atoms with Crippen molar-refractivity contribution in [3.63, 3.8) is 0 Å². The van der Waals surface area contributed by atoms with E-state index in [1.807, 2.05) is 0 Å².